The molecule has 0 bridgehead atoms. The first-order chi connectivity index (χ1) is 20.7. The van der Waals surface area contributed by atoms with Gasteiger partial charge in [-0.2, -0.15) is 0 Å². The van der Waals surface area contributed by atoms with Crippen molar-refractivity contribution in [1.29, 1.82) is 0 Å². The van der Waals surface area contributed by atoms with Crippen molar-refractivity contribution in [2.45, 2.75) is 41.6 Å². The molecule has 1 fully saturated rings. The molecule has 5 aromatic rings. The predicted molar refractivity (Wildman–Crippen MR) is 162 cm³/mol. The van der Waals surface area contributed by atoms with Crippen molar-refractivity contribution in [1.82, 2.24) is 9.88 Å². The van der Waals surface area contributed by atoms with E-state index in [2.05, 4.69) is 14.7 Å². The summed E-state index contributed by atoms with van der Waals surface area (Å²) in [6.07, 6.45) is 3.97. The number of nitrogens with zero attached hydrogens (tertiary/aromatic N) is 2. The molecule has 0 spiro atoms. The van der Waals surface area contributed by atoms with E-state index >= 15 is 0 Å². The molecule has 1 amide bonds. The van der Waals surface area contributed by atoms with Gasteiger partial charge in [-0.05, 0) is 78.9 Å². The van der Waals surface area contributed by atoms with Crippen molar-refractivity contribution < 1.29 is 23.5 Å². The van der Waals surface area contributed by atoms with Gasteiger partial charge in [0.1, 0.15) is 11.6 Å². The van der Waals surface area contributed by atoms with Gasteiger partial charge in [-0.1, -0.05) is 42.1 Å². The number of aromatic carboxylic acids is 1. The summed E-state index contributed by atoms with van der Waals surface area (Å²) in [7, 11) is 0. The lowest BCUT2D eigenvalue weighted by Crippen LogP contribution is -2.27. The van der Waals surface area contributed by atoms with Crippen LogP contribution in [0.5, 0.6) is 0 Å². The Balaban J connectivity index is 1.48. The second-order valence-corrected chi connectivity index (χ2v) is 11.7. The Hall–Kier alpha value is -4.94. The van der Waals surface area contributed by atoms with Crippen LogP contribution in [-0.4, -0.2) is 21.6 Å². The van der Waals surface area contributed by atoms with Crippen LogP contribution < -0.4 is 5.32 Å². The summed E-state index contributed by atoms with van der Waals surface area (Å²) in [5, 5.41) is 13.0. The van der Waals surface area contributed by atoms with Crippen molar-refractivity contribution in [3.05, 3.63) is 125 Å². The quantitative estimate of drug-likeness (QED) is 0.176. The third kappa shape index (κ3) is 5.87. The summed E-state index contributed by atoms with van der Waals surface area (Å²) in [6.45, 7) is 9.19. The Morgan fingerprint density at radius 3 is 2.35 bits per heavy atom. The van der Waals surface area contributed by atoms with Crippen molar-refractivity contribution >= 4 is 40.2 Å². The van der Waals surface area contributed by atoms with Gasteiger partial charge in [0.2, 0.25) is 0 Å². The second-order valence-electron chi connectivity index (χ2n) is 10.5. The minimum absolute atomic E-state index is 0.143. The van der Waals surface area contributed by atoms with Gasteiger partial charge in [0.05, 0.1) is 29.3 Å². The number of hydrogen-bond donors (Lipinski definition) is 2. The molecule has 1 aliphatic carbocycles. The van der Waals surface area contributed by atoms with Gasteiger partial charge < -0.3 is 15.0 Å². The maximum absolute atomic E-state index is 14.3. The highest BCUT2D eigenvalue weighted by Gasteiger charge is 2.29. The first-order valence-electron chi connectivity index (χ1n) is 13.6. The van der Waals surface area contributed by atoms with E-state index < -0.39 is 23.6 Å². The lowest BCUT2D eigenvalue weighted by molar-refractivity contribution is 0.0696. The maximum atomic E-state index is 14.3. The minimum Gasteiger partial charge on any atom is -0.478 e. The molecule has 6 rings (SSSR count). The molecule has 2 N–H and O–H groups in total. The number of aromatic nitrogens is 1. The fraction of sp³-hybridized carbons (Fsp3) is 0.147. The smallest absolute Gasteiger partial charge is 0.335 e. The number of nitrogens with one attached hydrogen (secondary N) is 1. The van der Waals surface area contributed by atoms with Gasteiger partial charge in [-0.15, -0.1) is 0 Å². The summed E-state index contributed by atoms with van der Waals surface area (Å²) >= 11 is 1.45. The number of carboxylic acid groups (broad SMARTS) is 1. The summed E-state index contributed by atoms with van der Waals surface area (Å²) in [5.41, 5.74) is 3.30. The van der Waals surface area contributed by atoms with Crippen molar-refractivity contribution in [2.75, 3.05) is 0 Å². The highest BCUT2D eigenvalue weighted by molar-refractivity contribution is 7.99. The molecular formula is C34H25F2N3O3S. The van der Waals surface area contributed by atoms with Crippen LogP contribution in [0.25, 0.3) is 26.9 Å². The van der Waals surface area contributed by atoms with Gasteiger partial charge in [0.15, 0.2) is 5.69 Å². The number of carboxylic acids is 1. The molecule has 4 aromatic carbocycles. The molecular weight excluding hydrogens is 568 g/mol. The van der Waals surface area contributed by atoms with Crippen molar-refractivity contribution in [3.63, 3.8) is 0 Å². The van der Waals surface area contributed by atoms with Crippen LogP contribution in [0.15, 0.2) is 94.9 Å². The monoisotopic (exact) mass is 593 g/mol. The van der Waals surface area contributed by atoms with Crippen LogP contribution in [-0.2, 0) is 0 Å². The fourth-order valence-corrected chi connectivity index (χ4v) is 6.23. The molecule has 0 aliphatic heterocycles. The Bertz CT molecular complexity index is 1920. The summed E-state index contributed by atoms with van der Waals surface area (Å²) in [6, 6.07) is 20.1. The van der Waals surface area contributed by atoms with E-state index in [0.717, 1.165) is 39.8 Å². The van der Waals surface area contributed by atoms with Crippen molar-refractivity contribution in [3.8, 4) is 11.1 Å². The maximum Gasteiger partial charge on any atom is 0.335 e. The normalized spacial score (nSPS) is 13.4. The third-order valence-electron chi connectivity index (χ3n) is 7.46. The largest absolute Gasteiger partial charge is 0.478 e. The molecule has 1 heterocycles. The molecule has 0 saturated heterocycles. The SMILES string of the molecule is [C-]#[N+]c1cccc(Sc2cn(C3CC3)c3cc(-c4cc(F)cc(F)c4)cc(C(=O)N[C@@H](C)c4ccc(C(=O)O)cc4)c23)c1. The molecule has 0 radical (unpaired) electrons. The first kappa shape index (κ1) is 28.2. The number of rotatable bonds is 8. The van der Waals surface area contributed by atoms with Crippen LogP contribution >= 0.6 is 11.8 Å². The molecule has 1 aromatic heterocycles. The van der Waals surface area contributed by atoms with E-state index in [1.807, 2.05) is 24.4 Å². The van der Waals surface area contributed by atoms with Gasteiger partial charge >= 0.3 is 5.97 Å². The zero-order valence-electron chi connectivity index (χ0n) is 23.0. The van der Waals surface area contributed by atoms with E-state index in [4.69, 9.17) is 6.57 Å². The number of amides is 1. The Morgan fingerprint density at radius 1 is 1.00 bits per heavy atom. The number of fused-ring (bicyclic) bond motifs is 1. The second kappa shape index (κ2) is 11.4. The van der Waals surface area contributed by atoms with E-state index in [9.17, 15) is 23.5 Å². The average Bonchev–Trinajstić information content (AvgIpc) is 3.78. The molecule has 6 nitrogen and oxygen atoms in total. The van der Waals surface area contributed by atoms with Gasteiger partial charge in [0, 0.05) is 33.5 Å². The third-order valence-corrected chi connectivity index (χ3v) is 8.48. The highest BCUT2D eigenvalue weighted by Crippen LogP contribution is 2.45. The topological polar surface area (TPSA) is 75.7 Å². The Labute approximate surface area is 250 Å². The summed E-state index contributed by atoms with van der Waals surface area (Å²) in [4.78, 5) is 30.5. The lowest BCUT2D eigenvalue weighted by atomic mass is 9.98. The molecule has 0 unspecified atom stereocenters. The zero-order chi connectivity index (χ0) is 30.2. The number of benzene rings is 4. The van der Waals surface area contributed by atoms with Crippen LogP contribution in [0.3, 0.4) is 0 Å². The molecule has 9 heteroatoms. The average molecular weight is 594 g/mol. The van der Waals surface area contributed by atoms with Crippen LogP contribution in [0.4, 0.5) is 14.5 Å². The summed E-state index contributed by atoms with van der Waals surface area (Å²) < 4.78 is 30.7. The van der Waals surface area contributed by atoms with Crippen LogP contribution in [0.2, 0.25) is 0 Å². The molecule has 43 heavy (non-hydrogen) atoms. The Kier molecular flexibility index (Phi) is 7.46. The van der Waals surface area contributed by atoms with Gasteiger partial charge in [0.25, 0.3) is 5.91 Å². The van der Waals surface area contributed by atoms with E-state index in [1.165, 1.54) is 36.0 Å². The van der Waals surface area contributed by atoms with Gasteiger partial charge in [-0.25, -0.2) is 18.4 Å². The fourth-order valence-electron chi connectivity index (χ4n) is 5.16. The minimum atomic E-state index is -1.04. The first-order valence-corrected chi connectivity index (χ1v) is 14.5. The molecule has 214 valence electrons. The number of carbonyl (C=O) groups is 2. The van der Waals surface area contributed by atoms with Gasteiger partial charge in [-0.3, -0.25) is 4.79 Å². The molecule has 1 atom stereocenters. The van der Waals surface area contributed by atoms with Crippen molar-refractivity contribution in [2.24, 2.45) is 0 Å². The molecule has 1 saturated carbocycles. The van der Waals surface area contributed by atoms with E-state index in [0.29, 0.717) is 27.8 Å². The molecule has 1 aliphatic rings. The number of hydrogen-bond acceptors (Lipinski definition) is 3. The Morgan fingerprint density at radius 2 is 1.70 bits per heavy atom. The zero-order valence-corrected chi connectivity index (χ0v) is 23.8. The van der Waals surface area contributed by atoms with E-state index in [1.54, 1.807) is 37.3 Å². The van der Waals surface area contributed by atoms with Crippen LogP contribution in [0.1, 0.15) is 58.1 Å². The number of carbonyl (C=O) groups excluding carboxylic acids is 1. The summed E-state index contributed by atoms with van der Waals surface area (Å²) in [5.74, 6) is -2.85. The predicted octanol–water partition coefficient (Wildman–Crippen LogP) is 8.81. The number of halogens is 2. The standard InChI is InChI=1S/C34H25F2N3O3S/c1-19(20-6-8-21(9-7-20)34(41)42)38-33(40)29-14-23(22-12-24(35)16-25(36)13-22)15-30-32(29)31(18-39(30)27-10-11-27)43-28-5-3-4-26(17-28)37-2/h3-9,12-19,27H,10-11H2,1H3,(H,38,40)(H,41,42)/t19-/m0/s1. The highest BCUT2D eigenvalue weighted by atomic mass is 32.2. The van der Waals surface area contributed by atoms with Crippen LogP contribution in [0, 0.1) is 18.2 Å². The lowest BCUT2D eigenvalue weighted by Gasteiger charge is -2.17. The van der Waals surface area contributed by atoms with E-state index in [-0.39, 0.29) is 17.5 Å².